The van der Waals surface area contributed by atoms with Gasteiger partial charge < -0.3 is 10.2 Å². The highest BCUT2D eigenvalue weighted by atomic mass is 79.9. The quantitative estimate of drug-likeness (QED) is 0.455. The van der Waals surface area contributed by atoms with E-state index < -0.39 is 0 Å². The summed E-state index contributed by atoms with van der Waals surface area (Å²) >= 11 is 9.71. The van der Waals surface area contributed by atoms with Gasteiger partial charge in [-0.25, -0.2) is 4.98 Å². The number of fused-ring (bicyclic) bond motifs is 3. The average molecular weight is 402 g/mol. The Hall–Kier alpha value is -2.37. The van der Waals surface area contributed by atoms with Crippen molar-refractivity contribution in [2.75, 3.05) is 5.73 Å². The number of anilines is 1. The van der Waals surface area contributed by atoms with Crippen LogP contribution in [0.1, 0.15) is 0 Å². The Balaban J connectivity index is 2.14. The Bertz CT molecular complexity index is 1170. The predicted molar refractivity (Wildman–Crippen MR) is 100 cm³/mol. The third kappa shape index (κ3) is 2.46. The van der Waals surface area contributed by atoms with E-state index in [1.165, 1.54) is 6.07 Å². The van der Waals surface area contributed by atoms with E-state index >= 15 is 0 Å². The number of halogens is 2. The van der Waals surface area contributed by atoms with E-state index in [9.17, 15) is 4.79 Å². The van der Waals surface area contributed by atoms with Gasteiger partial charge in [-0.1, -0.05) is 27.5 Å². The van der Waals surface area contributed by atoms with Gasteiger partial charge in [0.25, 0.3) is 0 Å². The summed E-state index contributed by atoms with van der Waals surface area (Å²) in [6.45, 7) is 0. The van der Waals surface area contributed by atoms with Crippen molar-refractivity contribution in [3.8, 4) is 11.3 Å². The van der Waals surface area contributed by atoms with Crippen LogP contribution in [0.3, 0.4) is 0 Å². The van der Waals surface area contributed by atoms with Crippen molar-refractivity contribution >= 4 is 55.3 Å². The van der Waals surface area contributed by atoms with Crippen LogP contribution in [0.5, 0.6) is 0 Å². The monoisotopic (exact) mass is 400 g/mol. The Kier molecular flexibility index (Phi) is 3.55. The molecule has 2 aromatic heterocycles. The molecule has 2 heterocycles. The molecule has 0 aliphatic carbocycles. The lowest BCUT2D eigenvalue weighted by molar-refractivity contribution is 0.665. The zero-order valence-electron chi connectivity index (χ0n) is 12.2. The summed E-state index contributed by atoms with van der Waals surface area (Å²) in [4.78, 5) is 17.0. The number of furan rings is 1. The first kappa shape index (κ1) is 15.2. The Morgan fingerprint density at radius 2 is 1.92 bits per heavy atom. The molecule has 0 aliphatic rings. The van der Waals surface area contributed by atoms with Gasteiger partial charge in [0.05, 0.1) is 10.7 Å². The molecule has 4 nitrogen and oxygen atoms in total. The fourth-order valence-electron chi connectivity index (χ4n) is 2.61. The van der Waals surface area contributed by atoms with E-state index in [2.05, 4.69) is 20.9 Å². The van der Waals surface area contributed by atoms with Gasteiger partial charge in [-0.15, -0.1) is 0 Å². The standard InChI is InChI=1S/C18H10BrClN2O2/c19-9-1-6-16-12(7-9)17-18(24-16)15(23)5-4-14(22-17)11-8-10(21)2-3-13(11)20/h1-8H,21H2. The zero-order valence-corrected chi connectivity index (χ0v) is 14.6. The van der Waals surface area contributed by atoms with E-state index in [1.54, 1.807) is 30.3 Å². The summed E-state index contributed by atoms with van der Waals surface area (Å²) in [5.41, 5.74) is 8.73. The summed E-state index contributed by atoms with van der Waals surface area (Å²) in [5, 5.41) is 1.27. The van der Waals surface area contributed by atoms with Crippen LogP contribution >= 0.6 is 27.5 Å². The molecule has 4 rings (SSSR count). The number of benzene rings is 2. The SMILES string of the molecule is Nc1ccc(Cl)c(-c2ccc(=O)c3oc4ccc(Br)cc4c3n2)c1. The molecule has 2 aromatic carbocycles. The van der Waals surface area contributed by atoms with Crippen LogP contribution in [0.15, 0.2) is 62.2 Å². The molecular formula is C18H10BrClN2O2. The fourth-order valence-corrected chi connectivity index (χ4v) is 3.19. The molecule has 4 aromatic rings. The van der Waals surface area contributed by atoms with Crippen LogP contribution in [0.25, 0.3) is 33.3 Å². The largest absolute Gasteiger partial charge is 0.450 e. The molecule has 118 valence electrons. The number of aromatic nitrogens is 1. The molecule has 0 fully saturated rings. The van der Waals surface area contributed by atoms with Gasteiger partial charge in [-0.3, -0.25) is 4.79 Å². The van der Waals surface area contributed by atoms with E-state index in [1.807, 2.05) is 12.1 Å². The number of nitrogens with zero attached hydrogens (tertiary/aromatic N) is 1. The van der Waals surface area contributed by atoms with Crippen molar-refractivity contribution in [1.82, 2.24) is 4.98 Å². The number of hydrogen-bond acceptors (Lipinski definition) is 4. The molecular weight excluding hydrogens is 392 g/mol. The first-order chi connectivity index (χ1) is 11.5. The third-order valence-corrected chi connectivity index (χ3v) is 4.56. The second-order valence-corrected chi connectivity index (χ2v) is 6.68. The van der Waals surface area contributed by atoms with Gasteiger partial charge in [0.1, 0.15) is 11.1 Å². The number of nitrogens with two attached hydrogens (primary N) is 1. The topological polar surface area (TPSA) is 69.1 Å². The maximum atomic E-state index is 12.4. The minimum atomic E-state index is -0.240. The molecule has 0 spiro atoms. The maximum Gasteiger partial charge on any atom is 0.223 e. The predicted octanol–water partition coefficient (Wildman–Crippen LogP) is 5.01. The van der Waals surface area contributed by atoms with Gasteiger partial charge in [0.15, 0.2) is 0 Å². The van der Waals surface area contributed by atoms with Crippen LogP contribution in [-0.4, -0.2) is 4.98 Å². The van der Waals surface area contributed by atoms with Gasteiger partial charge in [-0.2, -0.15) is 0 Å². The van der Waals surface area contributed by atoms with E-state index in [4.69, 9.17) is 21.8 Å². The van der Waals surface area contributed by atoms with Crippen molar-refractivity contribution in [3.63, 3.8) is 0 Å². The van der Waals surface area contributed by atoms with Gasteiger partial charge in [-0.05, 0) is 48.5 Å². The molecule has 0 saturated carbocycles. The highest BCUT2D eigenvalue weighted by molar-refractivity contribution is 9.10. The van der Waals surface area contributed by atoms with Gasteiger partial charge in [0, 0.05) is 21.1 Å². The van der Waals surface area contributed by atoms with Crippen LogP contribution in [0.4, 0.5) is 5.69 Å². The van der Waals surface area contributed by atoms with Crippen LogP contribution in [-0.2, 0) is 0 Å². The highest BCUT2D eigenvalue weighted by Gasteiger charge is 2.13. The molecule has 24 heavy (non-hydrogen) atoms. The highest BCUT2D eigenvalue weighted by Crippen LogP contribution is 2.32. The zero-order chi connectivity index (χ0) is 16.8. The fraction of sp³-hybridized carbons (Fsp3) is 0. The normalized spacial score (nSPS) is 11.2. The van der Waals surface area contributed by atoms with Crippen molar-refractivity contribution < 1.29 is 4.42 Å². The van der Waals surface area contributed by atoms with Crippen LogP contribution < -0.4 is 11.2 Å². The number of hydrogen-bond donors (Lipinski definition) is 1. The molecule has 6 heteroatoms. The molecule has 0 unspecified atom stereocenters. The summed E-state index contributed by atoms with van der Waals surface area (Å²) in [6, 6.07) is 13.7. The van der Waals surface area contributed by atoms with E-state index in [-0.39, 0.29) is 11.0 Å². The van der Waals surface area contributed by atoms with Crippen LogP contribution in [0.2, 0.25) is 5.02 Å². The summed E-state index contributed by atoms with van der Waals surface area (Å²) in [5.74, 6) is 0. The van der Waals surface area contributed by atoms with Crippen molar-refractivity contribution in [1.29, 1.82) is 0 Å². The minimum Gasteiger partial charge on any atom is -0.450 e. The van der Waals surface area contributed by atoms with E-state index in [0.717, 1.165) is 9.86 Å². The molecule has 0 bridgehead atoms. The third-order valence-electron chi connectivity index (χ3n) is 3.74. The molecule has 0 atom stereocenters. The van der Waals surface area contributed by atoms with Crippen molar-refractivity contribution in [2.24, 2.45) is 0 Å². The lowest BCUT2D eigenvalue weighted by atomic mass is 10.1. The second kappa shape index (κ2) is 5.61. The minimum absolute atomic E-state index is 0.217. The molecule has 0 saturated heterocycles. The maximum absolute atomic E-state index is 12.4. The molecule has 0 amide bonds. The lowest BCUT2D eigenvalue weighted by Gasteiger charge is -2.03. The van der Waals surface area contributed by atoms with Gasteiger partial charge >= 0.3 is 0 Å². The summed E-state index contributed by atoms with van der Waals surface area (Å²) in [7, 11) is 0. The first-order valence-corrected chi connectivity index (χ1v) is 8.28. The summed E-state index contributed by atoms with van der Waals surface area (Å²) < 4.78 is 6.57. The molecule has 0 radical (unpaired) electrons. The van der Waals surface area contributed by atoms with Gasteiger partial charge in [0.2, 0.25) is 11.0 Å². The number of nitrogen functional groups attached to an aromatic ring is 1. The molecule has 0 aliphatic heterocycles. The Morgan fingerprint density at radius 1 is 1.08 bits per heavy atom. The first-order valence-electron chi connectivity index (χ1n) is 7.11. The Labute approximate surface area is 150 Å². The average Bonchev–Trinajstić information content (AvgIpc) is 2.82. The van der Waals surface area contributed by atoms with Crippen molar-refractivity contribution in [2.45, 2.75) is 0 Å². The van der Waals surface area contributed by atoms with Crippen LogP contribution in [0, 0.1) is 0 Å². The smallest absolute Gasteiger partial charge is 0.223 e. The van der Waals surface area contributed by atoms with Crippen molar-refractivity contribution in [3.05, 3.63) is 68.2 Å². The second-order valence-electron chi connectivity index (χ2n) is 5.35. The Morgan fingerprint density at radius 3 is 2.75 bits per heavy atom. The summed E-state index contributed by atoms with van der Waals surface area (Å²) in [6.07, 6.45) is 0. The van der Waals surface area contributed by atoms with E-state index in [0.29, 0.717) is 33.1 Å². The number of rotatable bonds is 1. The molecule has 2 N–H and O–H groups in total. The lowest BCUT2D eigenvalue weighted by Crippen LogP contribution is -1.91.